The number of amides is 1. The first-order valence-corrected chi connectivity index (χ1v) is 10.2. The molecule has 1 amide bonds. The second-order valence-electron chi connectivity index (χ2n) is 7.30. The molecule has 2 aromatic carbocycles. The van der Waals surface area contributed by atoms with Gasteiger partial charge in [-0.2, -0.15) is 0 Å². The van der Waals surface area contributed by atoms with Crippen molar-refractivity contribution in [3.63, 3.8) is 0 Å². The number of hydrogen-bond donors (Lipinski definition) is 0. The summed E-state index contributed by atoms with van der Waals surface area (Å²) < 4.78 is 6.05. The molecule has 0 radical (unpaired) electrons. The molecule has 0 saturated heterocycles. The smallest absolute Gasteiger partial charge is 0.294 e. The lowest BCUT2D eigenvalue weighted by Crippen LogP contribution is -2.30. The van der Waals surface area contributed by atoms with Crippen molar-refractivity contribution in [2.24, 2.45) is 0 Å². The van der Waals surface area contributed by atoms with Gasteiger partial charge in [-0.05, 0) is 74.5 Å². The van der Waals surface area contributed by atoms with E-state index in [0.717, 1.165) is 38.2 Å². The number of furan rings is 1. The highest BCUT2D eigenvalue weighted by Crippen LogP contribution is 2.31. The van der Waals surface area contributed by atoms with Crippen molar-refractivity contribution in [3.8, 4) is 0 Å². The molecule has 142 valence electrons. The number of carbonyl (C=O) groups is 1. The van der Waals surface area contributed by atoms with Gasteiger partial charge >= 0.3 is 0 Å². The van der Waals surface area contributed by atoms with E-state index in [-0.39, 0.29) is 5.91 Å². The highest BCUT2D eigenvalue weighted by Gasteiger charge is 2.25. The highest BCUT2D eigenvalue weighted by atomic mass is 32.1. The Balaban J connectivity index is 1.79. The first-order valence-electron chi connectivity index (χ1n) is 9.35. The summed E-state index contributed by atoms with van der Waals surface area (Å²) >= 11 is 1.65. The molecule has 2 aromatic heterocycles. The monoisotopic (exact) mass is 389 g/mol. The molecular formula is C24H23NO2S. The number of thiophene rings is 1. The third-order valence-corrected chi connectivity index (χ3v) is 6.09. The maximum Gasteiger partial charge on any atom is 0.294 e. The lowest BCUT2D eigenvalue weighted by Gasteiger charge is -2.22. The molecular weight excluding hydrogens is 366 g/mol. The molecule has 0 spiro atoms. The fourth-order valence-electron chi connectivity index (χ4n) is 3.37. The lowest BCUT2D eigenvalue weighted by atomic mass is 10.0. The fourth-order valence-corrected chi connectivity index (χ4v) is 4.06. The molecule has 0 saturated carbocycles. The summed E-state index contributed by atoms with van der Waals surface area (Å²) in [5.41, 5.74) is 6.06. The molecule has 4 heteroatoms. The molecule has 0 unspecified atom stereocenters. The largest absolute Gasteiger partial charge is 0.451 e. The van der Waals surface area contributed by atoms with Crippen LogP contribution in [-0.4, -0.2) is 5.91 Å². The SMILES string of the molecule is Cc1ccc(N(Cc2cccs2)C(=O)c2oc3cc(C)c(C)cc3c2C)cc1. The first kappa shape index (κ1) is 18.5. The molecule has 0 aliphatic carbocycles. The van der Waals surface area contributed by atoms with Gasteiger partial charge in [0.2, 0.25) is 0 Å². The molecule has 0 bridgehead atoms. The molecule has 0 aliphatic rings. The van der Waals surface area contributed by atoms with Gasteiger partial charge in [-0.15, -0.1) is 11.3 Å². The minimum atomic E-state index is -0.110. The van der Waals surface area contributed by atoms with Gasteiger partial charge in [0.15, 0.2) is 5.76 Å². The Hall–Kier alpha value is -2.85. The predicted octanol–water partition coefficient (Wildman–Crippen LogP) is 6.57. The van der Waals surface area contributed by atoms with Crippen LogP contribution in [0.5, 0.6) is 0 Å². The summed E-state index contributed by atoms with van der Waals surface area (Å²) in [6.07, 6.45) is 0. The minimum Gasteiger partial charge on any atom is -0.451 e. The van der Waals surface area contributed by atoms with Crippen molar-refractivity contribution in [1.82, 2.24) is 0 Å². The van der Waals surface area contributed by atoms with Crippen molar-refractivity contribution >= 4 is 33.9 Å². The third-order valence-electron chi connectivity index (χ3n) is 5.23. The van der Waals surface area contributed by atoms with Crippen molar-refractivity contribution in [2.45, 2.75) is 34.2 Å². The number of carbonyl (C=O) groups excluding carboxylic acids is 1. The zero-order valence-corrected chi connectivity index (χ0v) is 17.4. The van der Waals surface area contributed by atoms with Gasteiger partial charge in [-0.3, -0.25) is 4.79 Å². The number of nitrogens with zero attached hydrogens (tertiary/aromatic N) is 1. The third kappa shape index (κ3) is 3.36. The standard InChI is InChI=1S/C24H23NO2S/c1-15-7-9-19(10-8-15)25(14-20-6-5-11-28-20)24(26)23-18(4)21-12-16(2)17(3)13-22(21)27-23/h5-13H,14H2,1-4H3. The molecule has 4 aromatic rings. The van der Waals surface area contributed by atoms with E-state index in [4.69, 9.17) is 4.42 Å². The van der Waals surface area contributed by atoms with E-state index in [1.807, 2.05) is 55.6 Å². The Morgan fingerprint density at radius 1 is 1.00 bits per heavy atom. The van der Waals surface area contributed by atoms with Crippen molar-refractivity contribution in [1.29, 1.82) is 0 Å². The Labute approximate surface area is 169 Å². The average Bonchev–Trinajstić information content (AvgIpc) is 3.29. The second kappa shape index (κ2) is 7.28. The Bertz CT molecular complexity index is 1140. The summed E-state index contributed by atoms with van der Waals surface area (Å²) in [7, 11) is 0. The molecule has 4 rings (SSSR count). The number of rotatable bonds is 4. The average molecular weight is 390 g/mol. The van der Waals surface area contributed by atoms with Gasteiger partial charge in [0, 0.05) is 21.5 Å². The van der Waals surface area contributed by atoms with Crippen molar-refractivity contribution in [2.75, 3.05) is 4.90 Å². The second-order valence-corrected chi connectivity index (χ2v) is 8.33. The Morgan fingerprint density at radius 2 is 1.71 bits per heavy atom. The molecule has 0 N–H and O–H groups in total. The minimum absolute atomic E-state index is 0.110. The molecule has 3 nitrogen and oxygen atoms in total. The van der Waals surface area contributed by atoms with Gasteiger partial charge < -0.3 is 9.32 Å². The van der Waals surface area contributed by atoms with E-state index in [9.17, 15) is 4.79 Å². The van der Waals surface area contributed by atoms with E-state index in [1.165, 1.54) is 5.56 Å². The van der Waals surface area contributed by atoms with Crippen LogP contribution in [0.1, 0.15) is 37.7 Å². The van der Waals surface area contributed by atoms with Crippen LogP contribution in [0.2, 0.25) is 0 Å². The molecule has 0 aliphatic heterocycles. The zero-order valence-electron chi connectivity index (χ0n) is 16.6. The van der Waals surface area contributed by atoms with Crippen LogP contribution >= 0.6 is 11.3 Å². The van der Waals surface area contributed by atoms with Gasteiger partial charge in [0.05, 0.1) is 6.54 Å². The van der Waals surface area contributed by atoms with Crippen LogP contribution in [0.25, 0.3) is 11.0 Å². The van der Waals surface area contributed by atoms with E-state index >= 15 is 0 Å². The molecule has 2 heterocycles. The van der Waals surface area contributed by atoms with Crippen molar-refractivity contribution < 1.29 is 9.21 Å². The van der Waals surface area contributed by atoms with E-state index in [1.54, 1.807) is 16.2 Å². The van der Waals surface area contributed by atoms with Crippen LogP contribution in [0.4, 0.5) is 5.69 Å². The van der Waals surface area contributed by atoms with Gasteiger partial charge in [-0.25, -0.2) is 0 Å². The number of aryl methyl sites for hydroxylation is 4. The number of anilines is 1. The number of fused-ring (bicyclic) bond motifs is 1. The maximum atomic E-state index is 13.6. The summed E-state index contributed by atoms with van der Waals surface area (Å²) in [5, 5.41) is 3.04. The fraction of sp³-hybridized carbons (Fsp3) is 0.208. The summed E-state index contributed by atoms with van der Waals surface area (Å²) in [4.78, 5) is 16.5. The van der Waals surface area contributed by atoms with Gasteiger partial charge in [-0.1, -0.05) is 23.8 Å². The topological polar surface area (TPSA) is 33.5 Å². The summed E-state index contributed by atoms with van der Waals surface area (Å²) in [6, 6.07) is 16.2. The van der Waals surface area contributed by atoms with Crippen LogP contribution in [0.3, 0.4) is 0 Å². The van der Waals surface area contributed by atoms with Crippen molar-refractivity contribution in [3.05, 3.63) is 86.8 Å². The predicted molar refractivity (Wildman–Crippen MR) is 116 cm³/mol. The Kier molecular flexibility index (Phi) is 4.82. The summed E-state index contributed by atoms with van der Waals surface area (Å²) in [5.74, 6) is 0.304. The van der Waals surface area contributed by atoms with Crippen LogP contribution in [0.15, 0.2) is 58.3 Å². The van der Waals surface area contributed by atoms with Gasteiger partial charge in [0.1, 0.15) is 5.58 Å². The highest BCUT2D eigenvalue weighted by molar-refractivity contribution is 7.09. The van der Waals surface area contributed by atoms with Gasteiger partial charge in [0.25, 0.3) is 5.91 Å². The van der Waals surface area contributed by atoms with E-state index in [2.05, 4.69) is 26.0 Å². The number of hydrogen-bond acceptors (Lipinski definition) is 3. The van der Waals surface area contributed by atoms with Crippen LogP contribution in [-0.2, 0) is 6.54 Å². The first-order chi connectivity index (χ1) is 13.4. The number of benzene rings is 2. The molecule has 28 heavy (non-hydrogen) atoms. The van der Waals surface area contributed by atoms with Crippen LogP contribution < -0.4 is 4.90 Å². The Morgan fingerprint density at radius 3 is 2.39 bits per heavy atom. The maximum absolute atomic E-state index is 13.6. The van der Waals surface area contributed by atoms with E-state index in [0.29, 0.717) is 12.3 Å². The summed E-state index contributed by atoms with van der Waals surface area (Å²) in [6.45, 7) is 8.67. The molecule has 0 atom stereocenters. The van der Waals surface area contributed by atoms with E-state index < -0.39 is 0 Å². The lowest BCUT2D eigenvalue weighted by molar-refractivity contribution is 0.0960. The normalized spacial score (nSPS) is 11.1. The zero-order chi connectivity index (χ0) is 19.8. The molecule has 0 fully saturated rings. The van der Waals surface area contributed by atoms with Crippen LogP contribution in [0, 0.1) is 27.7 Å². The quantitative estimate of drug-likeness (QED) is 0.395.